The van der Waals surface area contributed by atoms with Crippen LogP contribution in [0, 0.1) is 13.8 Å². The Kier molecular flexibility index (Phi) is 1.96. The maximum atomic E-state index is 10.4. The summed E-state index contributed by atoms with van der Waals surface area (Å²) < 4.78 is 0. The van der Waals surface area contributed by atoms with Crippen molar-refractivity contribution in [3.63, 3.8) is 0 Å². The lowest BCUT2D eigenvalue weighted by Crippen LogP contribution is -1.96. The maximum absolute atomic E-state index is 10.4. The molecule has 1 aromatic carbocycles. The van der Waals surface area contributed by atoms with Crippen molar-refractivity contribution in [3.8, 4) is 0 Å². The van der Waals surface area contributed by atoms with Crippen LogP contribution in [-0.4, -0.2) is 16.6 Å². The van der Waals surface area contributed by atoms with Gasteiger partial charge in [-0.3, -0.25) is 9.89 Å². The molecule has 0 atom stereocenters. The van der Waals surface area contributed by atoms with Crippen molar-refractivity contribution in [2.45, 2.75) is 13.8 Å². The van der Waals surface area contributed by atoms with Crippen molar-refractivity contribution in [3.05, 3.63) is 23.4 Å². The second-order valence-electron chi connectivity index (χ2n) is 3.24. The first-order valence-corrected chi connectivity index (χ1v) is 4.38. The third-order valence-electron chi connectivity index (χ3n) is 2.38. The molecule has 2 aromatic rings. The van der Waals surface area contributed by atoms with Gasteiger partial charge in [-0.1, -0.05) is 0 Å². The molecule has 0 unspecified atom stereocenters. The molecule has 0 aliphatic carbocycles. The molecule has 0 spiro atoms. The summed E-state index contributed by atoms with van der Waals surface area (Å²) in [5.74, 6) is 0. The Bertz CT molecular complexity index is 487. The van der Waals surface area contributed by atoms with Crippen molar-refractivity contribution in [1.82, 2.24) is 10.2 Å². The van der Waals surface area contributed by atoms with Gasteiger partial charge in [0, 0.05) is 16.8 Å². The first kappa shape index (κ1) is 8.74. The number of carbonyl (C=O) groups excluding carboxylic acids is 1. The van der Waals surface area contributed by atoms with Gasteiger partial charge in [-0.2, -0.15) is 5.10 Å². The topological polar surface area (TPSA) is 57.8 Å². The summed E-state index contributed by atoms with van der Waals surface area (Å²) in [5.41, 5.74) is 3.82. The molecule has 0 radical (unpaired) electrons. The quantitative estimate of drug-likeness (QED) is 0.707. The Labute approximate surface area is 81.3 Å². The molecule has 72 valence electrons. The molecule has 14 heavy (non-hydrogen) atoms. The van der Waals surface area contributed by atoms with E-state index in [1.165, 1.54) is 0 Å². The number of hydrogen-bond acceptors (Lipinski definition) is 2. The van der Waals surface area contributed by atoms with Crippen molar-refractivity contribution >= 4 is 23.0 Å². The van der Waals surface area contributed by atoms with E-state index in [4.69, 9.17) is 0 Å². The summed E-state index contributed by atoms with van der Waals surface area (Å²) in [4.78, 5) is 10.4. The second-order valence-corrected chi connectivity index (χ2v) is 3.24. The van der Waals surface area contributed by atoms with E-state index >= 15 is 0 Å². The maximum Gasteiger partial charge on any atom is 0.211 e. The van der Waals surface area contributed by atoms with E-state index in [1.807, 2.05) is 26.0 Å². The van der Waals surface area contributed by atoms with E-state index < -0.39 is 0 Å². The number of H-pyrrole nitrogens is 1. The van der Waals surface area contributed by atoms with E-state index in [-0.39, 0.29) is 0 Å². The Morgan fingerprint density at radius 2 is 2.21 bits per heavy atom. The van der Waals surface area contributed by atoms with E-state index in [0.717, 1.165) is 27.8 Å². The van der Waals surface area contributed by atoms with Crippen LogP contribution in [0.4, 0.5) is 5.69 Å². The van der Waals surface area contributed by atoms with Crippen LogP contribution in [0.1, 0.15) is 11.3 Å². The molecule has 0 saturated heterocycles. The number of rotatable bonds is 2. The molecule has 4 nitrogen and oxygen atoms in total. The fraction of sp³-hybridized carbons (Fsp3) is 0.200. The predicted octanol–water partition coefficient (Wildman–Crippen LogP) is 1.75. The van der Waals surface area contributed by atoms with Crippen LogP contribution in [0.3, 0.4) is 0 Å². The molecule has 0 aliphatic heterocycles. The largest absolute Gasteiger partial charge is 0.328 e. The molecule has 2 N–H and O–H groups in total. The zero-order valence-electron chi connectivity index (χ0n) is 8.09. The van der Waals surface area contributed by atoms with Crippen molar-refractivity contribution in [2.24, 2.45) is 0 Å². The highest BCUT2D eigenvalue weighted by atomic mass is 16.1. The Balaban J connectivity index is 2.72. The highest BCUT2D eigenvalue weighted by molar-refractivity contribution is 5.91. The number of carbonyl (C=O) groups is 1. The van der Waals surface area contributed by atoms with Gasteiger partial charge in [0.1, 0.15) is 0 Å². The molecule has 0 aliphatic rings. The molecule has 2 rings (SSSR count). The molecule has 0 bridgehead atoms. The van der Waals surface area contributed by atoms with Crippen LogP contribution >= 0.6 is 0 Å². The predicted molar refractivity (Wildman–Crippen MR) is 55.3 cm³/mol. The van der Waals surface area contributed by atoms with Gasteiger partial charge >= 0.3 is 0 Å². The third-order valence-corrected chi connectivity index (χ3v) is 2.38. The smallest absolute Gasteiger partial charge is 0.211 e. The van der Waals surface area contributed by atoms with Crippen LogP contribution < -0.4 is 5.32 Å². The summed E-state index contributed by atoms with van der Waals surface area (Å²) in [5, 5.41) is 10.8. The van der Waals surface area contributed by atoms with Gasteiger partial charge in [0.05, 0.1) is 5.52 Å². The van der Waals surface area contributed by atoms with E-state index in [0.29, 0.717) is 6.41 Å². The van der Waals surface area contributed by atoms with Crippen molar-refractivity contribution in [2.75, 3.05) is 5.32 Å². The number of nitrogens with one attached hydrogen (secondary N) is 2. The van der Waals surface area contributed by atoms with Crippen LogP contribution in [-0.2, 0) is 4.79 Å². The van der Waals surface area contributed by atoms with Crippen LogP contribution in [0.25, 0.3) is 10.9 Å². The normalized spacial score (nSPS) is 10.4. The number of fused-ring (bicyclic) bond motifs is 1. The number of benzene rings is 1. The highest BCUT2D eigenvalue weighted by Gasteiger charge is 2.07. The summed E-state index contributed by atoms with van der Waals surface area (Å²) >= 11 is 0. The summed E-state index contributed by atoms with van der Waals surface area (Å²) in [6, 6.07) is 3.74. The first-order valence-electron chi connectivity index (χ1n) is 4.38. The standard InChI is InChI=1S/C10H11N3O/c1-6-8(11-5-14)3-4-9-10(6)7(2)12-13-9/h3-5H,1-2H3,(H,11,14)(H,12,13). The lowest BCUT2D eigenvalue weighted by Gasteiger charge is -2.04. The van der Waals surface area contributed by atoms with Crippen molar-refractivity contribution < 1.29 is 4.79 Å². The molecule has 1 heterocycles. The average molecular weight is 189 g/mol. The molecule has 0 fully saturated rings. The minimum absolute atomic E-state index is 0.684. The van der Waals surface area contributed by atoms with Gasteiger partial charge in [-0.05, 0) is 31.5 Å². The summed E-state index contributed by atoms with van der Waals surface area (Å²) in [6.07, 6.45) is 0.684. The fourth-order valence-electron chi connectivity index (χ4n) is 1.68. The highest BCUT2D eigenvalue weighted by Crippen LogP contribution is 2.25. The lowest BCUT2D eigenvalue weighted by molar-refractivity contribution is -0.105. The van der Waals surface area contributed by atoms with Gasteiger partial charge in [0.15, 0.2) is 0 Å². The molecule has 1 aromatic heterocycles. The summed E-state index contributed by atoms with van der Waals surface area (Å²) in [6.45, 7) is 3.93. The van der Waals surface area contributed by atoms with E-state index in [1.54, 1.807) is 0 Å². The van der Waals surface area contributed by atoms with Gasteiger partial charge in [0.25, 0.3) is 0 Å². The van der Waals surface area contributed by atoms with Gasteiger partial charge in [0.2, 0.25) is 6.41 Å². The Hall–Kier alpha value is -1.84. The third kappa shape index (κ3) is 1.16. The molecular formula is C10H11N3O. The van der Waals surface area contributed by atoms with E-state index in [9.17, 15) is 4.79 Å². The average Bonchev–Trinajstić information content (AvgIpc) is 2.54. The number of aryl methyl sites for hydroxylation is 2. The number of amides is 1. The first-order chi connectivity index (χ1) is 6.74. The Morgan fingerprint density at radius 1 is 1.43 bits per heavy atom. The number of hydrogen-bond donors (Lipinski definition) is 2. The number of aromatic amines is 1. The zero-order valence-corrected chi connectivity index (χ0v) is 8.09. The minimum Gasteiger partial charge on any atom is -0.328 e. The monoisotopic (exact) mass is 189 g/mol. The number of nitrogens with zero attached hydrogens (tertiary/aromatic N) is 1. The van der Waals surface area contributed by atoms with Crippen molar-refractivity contribution in [1.29, 1.82) is 0 Å². The van der Waals surface area contributed by atoms with Gasteiger partial charge < -0.3 is 5.32 Å². The van der Waals surface area contributed by atoms with Gasteiger partial charge in [-0.25, -0.2) is 0 Å². The van der Waals surface area contributed by atoms with Crippen LogP contribution in [0.2, 0.25) is 0 Å². The second kappa shape index (κ2) is 3.14. The SMILES string of the molecule is Cc1[nH]nc2ccc(NC=O)c(C)c12. The Morgan fingerprint density at radius 3 is 2.93 bits per heavy atom. The van der Waals surface area contributed by atoms with E-state index in [2.05, 4.69) is 15.5 Å². The fourth-order valence-corrected chi connectivity index (χ4v) is 1.68. The van der Waals surface area contributed by atoms with Crippen LogP contribution in [0.15, 0.2) is 12.1 Å². The molecule has 0 saturated carbocycles. The summed E-state index contributed by atoms with van der Waals surface area (Å²) in [7, 11) is 0. The minimum atomic E-state index is 0.684. The number of aromatic nitrogens is 2. The molecule has 4 heteroatoms. The number of anilines is 1. The van der Waals surface area contributed by atoms with Gasteiger partial charge in [-0.15, -0.1) is 0 Å². The molecular weight excluding hydrogens is 178 g/mol. The lowest BCUT2D eigenvalue weighted by atomic mass is 10.1. The molecule has 1 amide bonds. The zero-order chi connectivity index (χ0) is 10.1. The van der Waals surface area contributed by atoms with Crippen LogP contribution in [0.5, 0.6) is 0 Å².